The highest BCUT2D eigenvalue weighted by molar-refractivity contribution is 5.92. The molecule has 1 N–H and O–H groups in total. The van der Waals surface area contributed by atoms with Crippen LogP contribution in [0.15, 0.2) is 42.5 Å². The number of methoxy groups -OCH3 is 3. The van der Waals surface area contributed by atoms with E-state index in [9.17, 15) is 0 Å². The summed E-state index contributed by atoms with van der Waals surface area (Å²) in [6, 6.07) is 14.0. The number of morpholine rings is 1. The first-order valence-corrected chi connectivity index (χ1v) is 10.4. The molecule has 4 rings (SSSR count). The molecule has 1 aliphatic rings. The van der Waals surface area contributed by atoms with Crippen molar-refractivity contribution in [3.63, 3.8) is 0 Å². The summed E-state index contributed by atoms with van der Waals surface area (Å²) in [6.45, 7) is 4.37. The number of benzene rings is 2. The standard InChI is InChI=1S/C24H29N3O4/c1-28-20-7-5-4-6-17(20)15-25-16-18-14-19-21(29-2)8-9-22(30-3)23(19)26-24(18)27-10-12-31-13-11-27/h4-9,14,25H,10-13,15-16H2,1-3H3. The lowest BCUT2D eigenvalue weighted by atomic mass is 10.1. The fraction of sp³-hybridized carbons (Fsp3) is 0.375. The van der Waals surface area contributed by atoms with Gasteiger partial charge in [0, 0.05) is 42.7 Å². The van der Waals surface area contributed by atoms with Gasteiger partial charge in [-0.3, -0.25) is 0 Å². The van der Waals surface area contributed by atoms with Gasteiger partial charge < -0.3 is 29.2 Å². The zero-order valence-corrected chi connectivity index (χ0v) is 18.3. The Hall–Kier alpha value is -3.03. The molecule has 0 unspecified atom stereocenters. The smallest absolute Gasteiger partial charge is 0.145 e. The number of aromatic nitrogens is 1. The Morgan fingerprint density at radius 1 is 0.871 bits per heavy atom. The summed E-state index contributed by atoms with van der Waals surface area (Å²) in [5.74, 6) is 3.35. The van der Waals surface area contributed by atoms with E-state index in [0.717, 1.165) is 58.2 Å². The van der Waals surface area contributed by atoms with Gasteiger partial charge in [-0.15, -0.1) is 0 Å². The van der Waals surface area contributed by atoms with E-state index in [4.69, 9.17) is 23.9 Å². The summed E-state index contributed by atoms with van der Waals surface area (Å²) >= 11 is 0. The van der Waals surface area contributed by atoms with Gasteiger partial charge in [0.05, 0.1) is 34.5 Å². The molecule has 1 aliphatic heterocycles. The second-order valence-corrected chi connectivity index (χ2v) is 7.35. The van der Waals surface area contributed by atoms with Crippen LogP contribution in [0, 0.1) is 0 Å². The van der Waals surface area contributed by atoms with Crippen LogP contribution in [0.1, 0.15) is 11.1 Å². The van der Waals surface area contributed by atoms with Crippen LogP contribution >= 0.6 is 0 Å². The van der Waals surface area contributed by atoms with Crippen molar-refractivity contribution in [3.8, 4) is 17.2 Å². The zero-order chi connectivity index (χ0) is 21.6. The predicted molar refractivity (Wildman–Crippen MR) is 121 cm³/mol. The number of ether oxygens (including phenoxy) is 4. The van der Waals surface area contributed by atoms with Gasteiger partial charge in [-0.05, 0) is 24.3 Å². The predicted octanol–water partition coefficient (Wildman–Crippen LogP) is 3.39. The van der Waals surface area contributed by atoms with Gasteiger partial charge in [0.25, 0.3) is 0 Å². The first-order chi connectivity index (χ1) is 15.2. The van der Waals surface area contributed by atoms with E-state index in [1.165, 1.54) is 0 Å². The lowest BCUT2D eigenvalue weighted by Crippen LogP contribution is -2.37. The fourth-order valence-electron chi connectivity index (χ4n) is 3.94. The second kappa shape index (κ2) is 9.85. The molecule has 1 fully saturated rings. The van der Waals surface area contributed by atoms with Crippen molar-refractivity contribution in [2.45, 2.75) is 13.1 Å². The summed E-state index contributed by atoms with van der Waals surface area (Å²) in [6.07, 6.45) is 0. The molecule has 7 heteroatoms. The van der Waals surface area contributed by atoms with Gasteiger partial charge in [0.2, 0.25) is 0 Å². The number of fused-ring (bicyclic) bond motifs is 1. The molecule has 0 saturated carbocycles. The normalized spacial score (nSPS) is 14.0. The number of para-hydroxylation sites is 1. The first kappa shape index (κ1) is 21.2. The van der Waals surface area contributed by atoms with Gasteiger partial charge >= 0.3 is 0 Å². The Morgan fingerprint density at radius 2 is 1.55 bits per heavy atom. The van der Waals surface area contributed by atoms with Gasteiger partial charge in [0.15, 0.2) is 0 Å². The lowest BCUT2D eigenvalue weighted by molar-refractivity contribution is 0.122. The van der Waals surface area contributed by atoms with Crippen molar-refractivity contribution in [1.29, 1.82) is 0 Å². The van der Waals surface area contributed by atoms with Crippen LogP contribution in [0.25, 0.3) is 10.9 Å². The van der Waals surface area contributed by atoms with Crippen LogP contribution in [0.4, 0.5) is 5.82 Å². The zero-order valence-electron chi connectivity index (χ0n) is 18.3. The molecule has 3 aromatic rings. The number of rotatable bonds is 8. The Balaban J connectivity index is 1.69. The Bertz CT molecular complexity index is 1030. The van der Waals surface area contributed by atoms with Crippen LogP contribution in [-0.2, 0) is 17.8 Å². The van der Waals surface area contributed by atoms with Gasteiger partial charge in [-0.1, -0.05) is 18.2 Å². The summed E-state index contributed by atoms with van der Waals surface area (Å²) < 4.78 is 22.2. The molecule has 0 spiro atoms. The summed E-state index contributed by atoms with van der Waals surface area (Å²) in [4.78, 5) is 7.32. The van der Waals surface area contributed by atoms with Gasteiger partial charge in [-0.25, -0.2) is 4.98 Å². The molecular weight excluding hydrogens is 394 g/mol. The molecule has 1 saturated heterocycles. The molecule has 0 bridgehead atoms. The van der Waals surface area contributed by atoms with E-state index in [1.807, 2.05) is 30.3 Å². The molecular formula is C24H29N3O4. The summed E-state index contributed by atoms with van der Waals surface area (Å²) in [5.41, 5.74) is 3.03. The summed E-state index contributed by atoms with van der Waals surface area (Å²) in [5, 5.41) is 4.49. The van der Waals surface area contributed by atoms with Gasteiger partial charge in [-0.2, -0.15) is 0 Å². The molecule has 164 valence electrons. The lowest BCUT2D eigenvalue weighted by Gasteiger charge is -2.30. The molecule has 0 amide bonds. The third-order valence-corrected chi connectivity index (χ3v) is 5.54. The minimum absolute atomic E-state index is 0.661. The van der Waals surface area contributed by atoms with E-state index in [2.05, 4.69) is 22.3 Å². The molecule has 0 radical (unpaired) electrons. The van der Waals surface area contributed by atoms with Crippen molar-refractivity contribution >= 4 is 16.7 Å². The Morgan fingerprint density at radius 3 is 2.29 bits per heavy atom. The largest absolute Gasteiger partial charge is 0.496 e. The van der Waals surface area contributed by atoms with Crippen LogP contribution in [-0.4, -0.2) is 52.6 Å². The molecule has 31 heavy (non-hydrogen) atoms. The fourth-order valence-corrected chi connectivity index (χ4v) is 3.94. The average molecular weight is 424 g/mol. The van der Waals surface area contributed by atoms with E-state index < -0.39 is 0 Å². The maximum atomic E-state index is 5.61. The topological polar surface area (TPSA) is 65.1 Å². The van der Waals surface area contributed by atoms with Crippen LogP contribution in [0.5, 0.6) is 17.2 Å². The third-order valence-electron chi connectivity index (χ3n) is 5.54. The summed E-state index contributed by atoms with van der Waals surface area (Å²) in [7, 11) is 5.04. The molecule has 7 nitrogen and oxygen atoms in total. The number of nitrogens with zero attached hydrogens (tertiary/aromatic N) is 2. The Labute approximate surface area is 182 Å². The second-order valence-electron chi connectivity index (χ2n) is 7.35. The SMILES string of the molecule is COc1ccccc1CNCc1cc2c(OC)ccc(OC)c2nc1N1CCOCC1. The van der Waals surface area contributed by atoms with Crippen molar-refractivity contribution in [3.05, 3.63) is 53.6 Å². The minimum atomic E-state index is 0.661. The highest BCUT2D eigenvalue weighted by Gasteiger charge is 2.20. The number of hydrogen-bond acceptors (Lipinski definition) is 7. The van der Waals surface area contributed by atoms with E-state index in [1.54, 1.807) is 21.3 Å². The van der Waals surface area contributed by atoms with E-state index in [-0.39, 0.29) is 0 Å². The third kappa shape index (κ3) is 4.52. The number of hydrogen-bond donors (Lipinski definition) is 1. The van der Waals surface area contributed by atoms with E-state index >= 15 is 0 Å². The number of nitrogens with one attached hydrogen (secondary N) is 1. The Kier molecular flexibility index (Phi) is 6.74. The highest BCUT2D eigenvalue weighted by atomic mass is 16.5. The number of anilines is 1. The van der Waals surface area contributed by atoms with Crippen LogP contribution in [0.3, 0.4) is 0 Å². The minimum Gasteiger partial charge on any atom is -0.496 e. The van der Waals surface area contributed by atoms with Crippen molar-refractivity contribution in [1.82, 2.24) is 10.3 Å². The van der Waals surface area contributed by atoms with Gasteiger partial charge in [0.1, 0.15) is 28.6 Å². The monoisotopic (exact) mass is 423 g/mol. The quantitative estimate of drug-likeness (QED) is 0.596. The molecule has 2 heterocycles. The maximum absolute atomic E-state index is 5.61. The molecule has 0 aliphatic carbocycles. The van der Waals surface area contributed by atoms with Crippen molar-refractivity contribution < 1.29 is 18.9 Å². The van der Waals surface area contributed by atoms with E-state index in [0.29, 0.717) is 26.3 Å². The molecule has 1 aromatic heterocycles. The first-order valence-electron chi connectivity index (χ1n) is 10.4. The van der Waals surface area contributed by atoms with Crippen LogP contribution in [0.2, 0.25) is 0 Å². The number of pyridine rings is 1. The maximum Gasteiger partial charge on any atom is 0.145 e. The van der Waals surface area contributed by atoms with Crippen molar-refractivity contribution in [2.24, 2.45) is 0 Å². The average Bonchev–Trinajstić information content (AvgIpc) is 2.83. The van der Waals surface area contributed by atoms with Crippen LogP contribution < -0.4 is 24.4 Å². The van der Waals surface area contributed by atoms with Crippen molar-refractivity contribution in [2.75, 3.05) is 52.5 Å². The highest BCUT2D eigenvalue weighted by Crippen LogP contribution is 2.35. The molecule has 2 aromatic carbocycles. The molecule has 0 atom stereocenters.